The Morgan fingerprint density at radius 3 is 2.19 bits per heavy atom. The Morgan fingerprint density at radius 1 is 1.04 bits per heavy atom. The van der Waals surface area contributed by atoms with Crippen LogP contribution in [0, 0.1) is 0 Å². The molecule has 1 atom stereocenters. The molecule has 2 rings (SSSR count). The number of ether oxygens (including phenoxy) is 3. The summed E-state index contributed by atoms with van der Waals surface area (Å²) in [5, 5.41) is 3.11. The van der Waals surface area contributed by atoms with E-state index in [9.17, 15) is 4.79 Å². The molecule has 0 unspecified atom stereocenters. The molecule has 0 saturated carbocycles. The lowest BCUT2D eigenvalue weighted by molar-refractivity contribution is 0.0934. The first-order valence-corrected chi connectivity index (χ1v) is 9.90. The number of carbonyl (C=O) groups is 1. The second-order valence-corrected chi connectivity index (χ2v) is 7.11. The molecule has 1 N–H and O–H groups in total. The Labute approximate surface area is 165 Å². The summed E-state index contributed by atoms with van der Waals surface area (Å²) >= 11 is 1.80. The van der Waals surface area contributed by atoms with E-state index in [2.05, 4.69) is 24.4 Å². The molecule has 1 amide bonds. The molecule has 2 aromatic carbocycles. The number of hydrogen-bond donors (Lipinski definition) is 1. The zero-order valence-electron chi connectivity index (χ0n) is 16.3. The van der Waals surface area contributed by atoms with Crippen LogP contribution in [0.5, 0.6) is 17.2 Å². The molecule has 0 saturated heterocycles. The highest BCUT2D eigenvalue weighted by Crippen LogP contribution is 2.38. The Kier molecular flexibility index (Phi) is 8.33. The highest BCUT2D eigenvalue weighted by atomic mass is 32.2. The van der Waals surface area contributed by atoms with Crippen LogP contribution in [0.15, 0.2) is 47.4 Å². The smallest absolute Gasteiger partial charge is 0.251 e. The summed E-state index contributed by atoms with van der Waals surface area (Å²) in [6, 6.07) is 13.7. The van der Waals surface area contributed by atoms with Crippen molar-refractivity contribution in [3.8, 4) is 17.2 Å². The van der Waals surface area contributed by atoms with E-state index in [0.717, 1.165) is 18.6 Å². The minimum absolute atomic E-state index is 0.104. The second-order valence-electron chi connectivity index (χ2n) is 5.94. The lowest BCUT2D eigenvalue weighted by atomic mass is 10.1. The van der Waals surface area contributed by atoms with Crippen LogP contribution >= 0.6 is 11.8 Å². The van der Waals surface area contributed by atoms with E-state index in [-0.39, 0.29) is 11.9 Å². The van der Waals surface area contributed by atoms with Gasteiger partial charge in [0, 0.05) is 16.5 Å². The van der Waals surface area contributed by atoms with E-state index in [1.807, 2.05) is 18.2 Å². The first-order chi connectivity index (χ1) is 13.1. The molecule has 0 bridgehead atoms. The van der Waals surface area contributed by atoms with Gasteiger partial charge in [0.25, 0.3) is 5.91 Å². The maximum Gasteiger partial charge on any atom is 0.251 e. The molecular weight excluding hydrogens is 362 g/mol. The van der Waals surface area contributed by atoms with E-state index in [0.29, 0.717) is 22.8 Å². The van der Waals surface area contributed by atoms with Gasteiger partial charge in [0.2, 0.25) is 5.75 Å². The van der Waals surface area contributed by atoms with Gasteiger partial charge in [-0.2, -0.15) is 0 Å². The molecule has 0 radical (unpaired) electrons. The molecule has 0 aliphatic rings. The first-order valence-electron chi connectivity index (χ1n) is 8.91. The van der Waals surface area contributed by atoms with Crippen molar-refractivity contribution in [2.24, 2.45) is 0 Å². The number of rotatable bonds is 10. The van der Waals surface area contributed by atoms with E-state index in [1.165, 1.54) is 26.2 Å². The summed E-state index contributed by atoms with van der Waals surface area (Å²) in [4.78, 5) is 14.0. The molecule has 0 aromatic heterocycles. The van der Waals surface area contributed by atoms with Gasteiger partial charge in [0.15, 0.2) is 11.5 Å². The predicted octanol–water partition coefficient (Wildman–Crippen LogP) is 4.40. The van der Waals surface area contributed by atoms with Crippen LogP contribution < -0.4 is 19.5 Å². The fraction of sp³-hybridized carbons (Fsp3) is 0.381. The first kappa shape index (κ1) is 21.0. The third-order valence-corrected chi connectivity index (χ3v) is 5.28. The van der Waals surface area contributed by atoms with Crippen molar-refractivity contribution in [3.63, 3.8) is 0 Å². The molecule has 27 heavy (non-hydrogen) atoms. The van der Waals surface area contributed by atoms with Gasteiger partial charge in [-0.05, 0) is 42.9 Å². The van der Waals surface area contributed by atoms with Crippen molar-refractivity contribution < 1.29 is 19.0 Å². The minimum atomic E-state index is -0.147. The molecular formula is C21H27NO4S. The Balaban J connectivity index is 2.01. The summed E-state index contributed by atoms with van der Waals surface area (Å²) in [5.41, 5.74) is 0.485. The van der Waals surface area contributed by atoms with Gasteiger partial charge in [0.05, 0.1) is 21.3 Å². The molecule has 146 valence electrons. The SMILES string of the molecule is CC[C@@H](CCSc1ccccc1)NC(=O)c1cc(OC)c(OC)c(OC)c1. The number of thioether (sulfide) groups is 1. The maximum absolute atomic E-state index is 12.7. The molecule has 0 aliphatic heterocycles. The van der Waals surface area contributed by atoms with Gasteiger partial charge in [0.1, 0.15) is 0 Å². The van der Waals surface area contributed by atoms with E-state index < -0.39 is 0 Å². The Morgan fingerprint density at radius 2 is 1.67 bits per heavy atom. The average molecular weight is 390 g/mol. The minimum Gasteiger partial charge on any atom is -0.493 e. The quantitative estimate of drug-likeness (QED) is 0.610. The summed E-state index contributed by atoms with van der Waals surface area (Å²) in [6.45, 7) is 2.08. The normalized spacial score (nSPS) is 11.6. The van der Waals surface area contributed by atoms with Crippen molar-refractivity contribution in [2.75, 3.05) is 27.1 Å². The van der Waals surface area contributed by atoms with Crippen LogP contribution in [0.2, 0.25) is 0 Å². The highest BCUT2D eigenvalue weighted by Gasteiger charge is 2.18. The number of methoxy groups -OCH3 is 3. The summed E-state index contributed by atoms with van der Waals surface area (Å²) in [5.74, 6) is 2.20. The zero-order valence-corrected chi connectivity index (χ0v) is 17.1. The second kappa shape index (κ2) is 10.7. The monoisotopic (exact) mass is 389 g/mol. The fourth-order valence-corrected chi connectivity index (χ4v) is 3.68. The zero-order chi connectivity index (χ0) is 19.6. The summed E-state index contributed by atoms with van der Waals surface area (Å²) in [7, 11) is 4.61. The van der Waals surface area contributed by atoms with Crippen molar-refractivity contribution >= 4 is 17.7 Å². The topological polar surface area (TPSA) is 56.8 Å². The highest BCUT2D eigenvalue weighted by molar-refractivity contribution is 7.99. The van der Waals surface area contributed by atoms with Gasteiger partial charge in [-0.1, -0.05) is 25.1 Å². The van der Waals surface area contributed by atoms with Crippen LogP contribution in [0.3, 0.4) is 0 Å². The molecule has 0 spiro atoms. The van der Waals surface area contributed by atoms with E-state index in [4.69, 9.17) is 14.2 Å². The van der Waals surface area contributed by atoms with Crippen LogP contribution in [0.25, 0.3) is 0 Å². The predicted molar refractivity (Wildman–Crippen MR) is 109 cm³/mol. The molecule has 2 aromatic rings. The van der Waals surface area contributed by atoms with Crippen LogP contribution in [0.1, 0.15) is 30.1 Å². The third kappa shape index (κ3) is 5.82. The van der Waals surface area contributed by atoms with Gasteiger partial charge >= 0.3 is 0 Å². The number of benzene rings is 2. The molecule has 6 heteroatoms. The molecule has 0 heterocycles. The van der Waals surface area contributed by atoms with Crippen LogP contribution in [-0.4, -0.2) is 39.0 Å². The number of carbonyl (C=O) groups excluding carboxylic acids is 1. The van der Waals surface area contributed by atoms with Crippen LogP contribution in [-0.2, 0) is 0 Å². The van der Waals surface area contributed by atoms with Crippen molar-refractivity contribution in [2.45, 2.75) is 30.7 Å². The van der Waals surface area contributed by atoms with Gasteiger partial charge < -0.3 is 19.5 Å². The Hall–Kier alpha value is -2.34. The van der Waals surface area contributed by atoms with Crippen molar-refractivity contribution in [3.05, 3.63) is 48.0 Å². The van der Waals surface area contributed by atoms with Gasteiger partial charge in [-0.25, -0.2) is 0 Å². The van der Waals surface area contributed by atoms with E-state index in [1.54, 1.807) is 23.9 Å². The molecule has 0 fully saturated rings. The average Bonchev–Trinajstić information content (AvgIpc) is 2.72. The standard InChI is InChI=1S/C21H27NO4S/c1-5-16(11-12-27-17-9-7-6-8-10-17)22-21(23)15-13-18(24-2)20(26-4)19(14-15)25-3/h6-10,13-14,16H,5,11-12H2,1-4H3,(H,22,23)/t16-/m0/s1. The lowest BCUT2D eigenvalue weighted by Gasteiger charge is -2.18. The third-order valence-electron chi connectivity index (χ3n) is 4.23. The summed E-state index contributed by atoms with van der Waals surface area (Å²) < 4.78 is 16.0. The fourth-order valence-electron chi connectivity index (χ4n) is 2.70. The van der Waals surface area contributed by atoms with E-state index >= 15 is 0 Å². The number of nitrogens with one attached hydrogen (secondary N) is 1. The maximum atomic E-state index is 12.7. The molecule has 0 aliphatic carbocycles. The number of amides is 1. The summed E-state index contributed by atoms with van der Waals surface area (Å²) in [6.07, 6.45) is 1.76. The van der Waals surface area contributed by atoms with Crippen molar-refractivity contribution in [1.29, 1.82) is 0 Å². The lowest BCUT2D eigenvalue weighted by Crippen LogP contribution is -2.34. The van der Waals surface area contributed by atoms with Crippen molar-refractivity contribution in [1.82, 2.24) is 5.32 Å². The molecule has 5 nitrogen and oxygen atoms in total. The number of hydrogen-bond acceptors (Lipinski definition) is 5. The van der Waals surface area contributed by atoms with Gasteiger partial charge in [-0.3, -0.25) is 4.79 Å². The Bertz CT molecular complexity index is 711. The van der Waals surface area contributed by atoms with Crippen LogP contribution in [0.4, 0.5) is 0 Å². The largest absolute Gasteiger partial charge is 0.493 e. The van der Waals surface area contributed by atoms with Gasteiger partial charge in [-0.15, -0.1) is 11.8 Å².